The van der Waals surface area contributed by atoms with Gasteiger partial charge in [0, 0.05) is 44.5 Å². The van der Waals surface area contributed by atoms with Gasteiger partial charge in [0.1, 0.15) is 12.1 Å². The summed E-state index contributed by atoms with van der Waals surface area (Å²) in [5.74, 6) is 1.76. The highest BCUT2D eigenvalue weighted by molar-refractivity contribution is 5.41. The summed E-state index contributed by atoms with van der Waals surface area (Å²) in [4.78, 5) is 11.3. The van der Waals surface area contributed by atoms with E-state index in [1.165, 1.54) is 18.5 Å². The van der Waals surface area contributed by atoms with Crippen LogP contribution < -0.4 is 4.90 Å². The largest absolute Gasteiger partial charge is 0.378 e. The predicted octanol–water partition coefficient (Wildman–Crippen LogP) is 2.52. The summed E-state index contributed by atoms with van der Waals surface area (Å²) in [5, 5.41) is 0. The van der Waals surface area contributed by atoms with Gasteiger partial charge < -0.3 is 14.4 Å². The molecule has 2 saturated heterocycles. The van der Waals surface area contributed by atoms with Gasteiger partial charge in [-0.05, 0) is 38.5 Å². The Morgan fingerprint density at radius 3 is 2.77 bits per heavy atom. The Kier molecular flexibility index (Phi) is 3.78. The van der Waals surface area contributed by atoms with E-state index in [1.807, 2.05) is 7.11 Å². The number of anilines is 1. The molecule has 120 valence electrons. The van der Waals surface area contributed by atoms with Crippen molar-refractivity contribution in [2.24, 2.45) is 0 Å². The van der Waals surface area contributed by atoms with Crippen molar-refractivity contribution in [3.63, 3.8) is 0 Å². The summed E-state index contributed by atoms with van der Waals surface area (Å²) in [6.45, 7) is 2.85. The van der Waals surface area contributed by atoms with Crippen LogP contribution in [-0.2, 0) is 9.47 Å². The minimum atomic E-state index is -0.0736. The van der Waals surface area contributed by atoms with Crippen molar-refractivity contribution in [2.45, 2.75) is 56.1 Å². The molecule has 5 nitrogen and oxygen atoms in total. The minimum absolute atomic E-state index is 0.0736. The van der Waals surface area contributed by atoms with Crippen molar-refractivity contribution in [1.29, 1.82) is 0 Å². The Hall–Kier alpha value is -1.20. The fraction of sp³-hybridized carbons (Fsp3) is 0.765. The van der Waals surface area contributed by atoms with Crippen LogP contribution in [0, 0.1) is 0 Å². The predicted molar refractivity (Wildman–Crippen MR) is 84.2 cm³/mol. The molecule has 0 unspecified atom stereocenters. The molecule has 5 heteroatoms. The minimum Gasteiger partial charge on any atom is -0.378 e. The van der Waals surface area contributed by atoms with Crippen LogP contribution in [0.15, 0.2) is 12.4 Å². The van der Waals surface area contributed by atoms with Gasteiger partial charge >= 0.3 is 0 Å². The molecule has 0 amide bonds. The first kappa shape index (κ1) is 14.4. The van der Waals surface area contributed by atoms with E-state index >= 15 is 0 Å². The van der Waals surface area contributed by atoms with E-state index in [2.05, 4.69) is 20.9 Å². The van der Waals surface area contributed by atoms with Gasteiger partial charge in [-0.15, -0.1) is 0 Å². The fourth-order valence-corrected chi connectivity index (χ4v) is 3.95. The lowest BCUT2D eigenvalue weighted by atomic mass is 9.82. The molecule has 1 aliphatic carbocycles. The van der Waals surface area contributed by atoms with Crippen LogP contribution in [0.25, 0.3) is 0 Å². The van der Waals surface area contributed by atoms with Gasteiger partial charge in [-0.1, -0.05) is 0 Å². The first-order valence-electron chi connectivity index (χ1n) is 8.54. The van der Waals surface area contributed by atoms with Gasteiger partial charge in [0.2, 0.25) is 0 Å². The third-order valence-electron chi connectivity index (χ3n) is 5.47. The fourth-order valence-electron chi connectivity index (χ4n) is 3.95. The van der Waals surface area contributed by atoms with Crippen LogP contribution in [0.5, 0.6) is 0 Å². The zero-order chi connectivity index (χ0) is 15.0. The molecule has 1 atom stereocenters. The second-order valence-electron chi connectivity index (χ2n) is 6.84. The van der Waals surface area contributed by atoms with Crippen molar-refractivity contribution < 1.29 is 9.47 Å². The van der Waals surface area contributed by atoms with E-state index < -0.39 is 0 Å². The Morgan fingerprint density at radius 1 is 1.23 bits per heavy atom. The van der Waals surface area contributed by atoms with Gasteiger partial charge in [0.25, 0.3) is 0 Å². The summed E-state index contributed by atoms with van der Waals surface area (Å²) >= 11 is 0. The molecule has 4 rings (SSSR count). The van der Waals surface area contributed by atoms with Crippen molar-refractivity contribution in [2.75, 3.05) is 31.7 Å². The Bertz CT molecular complexity index is 524. The normalized spacial score (nSPS) is 28.0. The number of methoxy groups -OCH3 is 1. The molecule has 1 aromatic rings. The summed E-state index contributed by atoms with van der Waals surface area (Å²) < 4.78 is 11.9. The van der Waals surface area contributed by atoms with Crippen LogP contribution in [0.3, 0.4) is 0 Å². The lowest BCUT2D eigenvalue weighted by molar-refractivity contribution is -0.175. The number of rotatable bonds is 3. The van der Waals surface area contributed by atoms with Gasteiger partial charge in [-0.3, -0.25) is 0 Å². The van der Waals surface area contributed by atoms with E-state index in [4.69, 9.17) is 9.47 Å². The molecule has 0 N–H and O–H groups in total. The molecule has 0 aromatic carbocycles. The average molecular weight is 303 g/mol. The zero-order valence-electron chi connectivity index (χ0n) is 13.3. The Morgan fingerprint density at radius 2 is 2.05 bits per heavy atom. The van der Waals surface area contributed by atoms with E-state index in [-0.39, 0.29) is 11.7 Å². The lowest BCUT2D eigenvalue weighted by Crippen LogP contribution is -2.56. The number of hydrogen-bond donors (Lipinski definition) is 0. The zero-order valence-corrected chi connectivity index (χ0v) is 13.3. The van der Waals surface area contributed by atoms with Crippen molar-refractivity contribution in [1.82, 2.24) is 9.97 Å². The molecule has 1 aromatic heterocycles. The lowest BCUT2D eigenvalue weighted by Gasteiger charge is -2.48. The number of ether oxygens (including phenoxy) is 2. The highest BCUT2D eigenvalue weighted by Gasteiger charge is 2.45. The molecular formula is C17H25N3O2. The molecule has 22 heavy (non-hydrogen) atoms. The number of aromatic nitrogens is 2. The highest BCUT2D eigenvalue weighted by Crippen LogP contribution is 2.41. The quantitative estimate of drug-likeness (QED) is 0.858. The first-order chi connectivity index (χ1) is 10.8. The van der Waals surface area contributed by atoms with Crippen molar-refractivity contribution in [3.05, 3.63) is 18.1 Å². The first-order valence-corrected chi connectivity index (χ1v) is 8.54. The molecule has 0 bridgehead atoms. The van der Waals surface area contributed by atoms with Crippen LogP contribution in [0.1, 0.15) is 50.1 Å². The maximum absolute atomic E-state index is 6.18. The molecule has 1 spiro atoms. The SMILES string of the molecule is CO[C@H]1CCCOC12CCN(c1cc(C3CC3)ncn1)CC2. The van der Waals surface area contributed by atoms with Crippen LogP contribution >= 0.6 is 0 Å². The summed E-state index contributed by atoms with van der Waals surface area (Å²) in [6.07, 6.45) is 8.81. The monoisotopic (exact) mass is 303 g/mol. The molecule has 1 saturated carbocycles. The average Bonchev–Trinajstić information content (AvgIpc) is 3.41. The Balaban J connectivity index is 1.46. The van der Waals surface area contributed by atoms with Crippen LogP contribution in [0.4, 0.5) is 5.82 Å². The topological polar surface area (TPSA) is 47.5 Å². The van der Waals surface area contributed by atoms with Gasteiger partial charge in [0.05, 0.1) is 11.7 Å². The van der Waals surface area contributed by atoms with Crippen molar-refractivity contribution in [3.8, 4) is 0 Å². The van der Waals surface area contributed by atoms with Crippen molar-refractivity contribution >= 4 is 5.82 Å². The van der Waals surface area contributed by atoms with E-state index in [0.717, 1.165) is 51.2 Å². The second kappa shape index (κ2) is 5.78. The smallest absolute Gasteiger partial charge is 0.132 e. The maximum Gasteiger partial charge on any atom is 0.132 e. The van der Waals surface area contributed by atoms with E-state index in [9.17, 15) is 0 Å². The van der Waals surface area contributed by atoms with Gasteiger partial charge in [-0.2, -0.15) is 0 Å². The summed E-state index contributed by atoms with van der Waals surface area (Å²) in [5.41, 5.74) is 1.14. The second-order valence-corrected chi connectivity index (χ2v) is 6.84. The highest BCUT2D eigenvalue weighted by atomic mass is 16.5. The Labute approximate surface area is 132 Å². The maximum atomic E-state index is 6.18. The van der Waals surface area contributed by atoms with E-state index in [0.29, 0.717) is 5.92 Å². The third kappa shape index (κ3) is 2.61. The van der Waals surface area contributed by atoms with Crippen LogP contribution in [0.2, 0.25) is 0 Å². The van der Waals surface area contributed by atoms with E-state index in [1.54, 1.807) is 6.33 Å². The molecular weight excluding hydrogens is 278 g/mol. The molecule has 3 fully saturated rings. The molecule has 2 aliphatic heterocycles. The summed E-state index contributed by atoms with van der Waals surface area (Å²) in [7, 11) is 1.82. The summed E-state index contributed by atoms with van der Waals surface area (Å²) in [6, 6.07) is 2.19. The van der Waals surface area contributed by atoms with Gasteiger partial charge in [-0.25, -0.2) is 9.97 Å². The number of nitrogens with zero attached hydrogens (tertiary/aromatic N) is 3. The van der Waals surface area contributed by atoms with Gasteiger partial charge in [0.15, 0.2) is 0 Å². The molecule has 3 aliphatic rings. The standard InChI is InChI=1S/C17H25N3O2/c1-21-15-3-2-10-22-17(15)6-8-20(9-7-17)16-11-14(13-4-5-13)18-12-19-16/h11-13,15H,2-10H2,1H3/t15-/m0/s1. The number of piperidine rings is 1. The number of hydrogen-bond acceptors (Lipinski definition) is 5. The molecule has 3 heterocycles. The van der Waals surface area contributed by atoms with Crippen LogP contribution in [-0.4, -0.2) is 48.5 Å². The molecule has 0 radical (unpaired) electrons. The third-order valence-corrected chi connectivity index (χ3v) is 5.47.